The summed E-state index contributed by atoms with van der Waals surface area (Å²) in [6, 6.07) is 8.59. The third kappa shape index (κ3) is 2.38. The molecule has 0 amide bonds. The highest BCUT2D eigenvalue weighted by Crippen LogP contribution is 1.96. The van der Waals surface area contributed by atoms with Crippen molar-refractivity contribution in [1.82, 2.24) is 0 Å². The van der Waals surface area contributed by atoms with Gasteiger partial charge in [0.1, 0.15) is 0 Å². The van der Waals surface area contributed by atoms with Crippen LogP contribution in [0, 0.1) is 0 Å². The first-order valence-corrected chi connectivity index (χ1v) is 3.56. The zero-order valence-corrected chi connectivity index (χ0v) is 6.45. The molecule has 56 valence electrons. The SMILES string of the molecule is C/C=C/c1cccc(=O)cc1. The van der Waals surface area contributed by atoms with Crippen LogP contribution >= 0.6 is 0 Å². The summed E-state index contributed by atoms with van der Waals surface area (Å²) in [6.45, 7) is 1.95. The molecule has 0 radical (unpaired) electrons. The molecule has 0 fully saturated rings. The Morgan fingerprint density at radius 1 is 1.18 bits per heavy atom. The molecule has 0 N–H and O–H groups in total. The minimum atomic E-state index is 0.0424. The van der Waals surface area contributed by atoms with E-state index in [1.165, 1.54) is 0 Å². The van der Waals surface area contributed by atoms with Crippen LogP contribution in [-0.2, 0) is 0 Å². The first-order valence-electron chi connectivity index (χ1n) is 3.56. The molecule has 1 heteroatoms. The summed E-state index contributed by atoms with van der Waals surface area (Å²) in [4.78, 5) is 10.8. The predicted octanol–water partition coefficient (Wildman–Crippen LogP) is 2.08. The highest BCUT2D eigenvalue weighted by molar-refractivity contribution is 5.47. The van der Waals surface area contributed by atoms with Crippen LogP contribution < -0.4 is 5.43 Å². The predicted molar refractivity (Wildman–Crippen MR) is 47.4 cm³/mol. The number of hydrogen-bond donors (Lipinski definition) is 0. The standard InChI is InChI=1S/C10H10O/c1-2-4-9-5-3-6-10(11)8-7-9/h2-8H,1H3/b4-2+. The van der Waals surface area contributed by atoms with E-state index in [2.05, 4.69) is 0 Å². The van der Waals surface area contributed by atoms with Crippen LogP contribution in [0.4, 0.5) is 0 Å². The summed E-state index contributed by atoms with van der Waals surface area (Å²) in [5.41, 5.74) is 1.09. The average molecular weight is 146 g/mol. The lowest BCUT2D eigenvalue weighted by atomic mass is 10.3. The first kappa shape index (κ1) is 7.73. The smallest absolute Gasteiger partial charge is 0.178 e. The molecule has 0 unspecified atom stereocenters. The van der Waals surface area contributed by atoms with Gasteiger partial charge in [0.15, 0.2) is 5.43 Å². The maximum absolute atomic E-state index is 10.8. The van der Waals surface area contributed by atoms with E-state index in [9.17, 15) is 4.79 Å². The van der Waals surface area contributed by atoms with Crippen molar-refractivity contribution in [1.29, 1.82) is 0 Å². The number of rotatable bonds is 1. The maximum Gasteiger partial charge on any atom is 0.178 e. The Labute approximate surface area is 66.0 Å². The van der Waals surface area contributed by atoms with Crippen LogP contribution in [-0.4, -0.2) is 0 Å². The van der Waals surface area contributed by atoms with Crippen LogP contribution in [0.25, 0.3) is 6.08 Å². The molecule has 0 saturated heterocycles. The zero-order valence-electron chi connectivity index (χ0n) is 6.45. The number of allylic oxidation sites excluding steroid dienone is 1. The molecular weight excluding hydrogens is 136 g/mol. The van der Waals surface area contributed by atoms with E-state index in [0.717, 1.165) is 5.56 Å². The topological polar surface area (TPSA) is 17.1 Å². The van der Waals surface area contributed by atoms with Gasteiger partial charge in [0.05, 0.1) is 0 Å². The van der Waals surface area contributed by atoms with Gasteiger partial charge in [-0.25, -0.2) is 0 Å². The second-order valence-corrected chi connectivity index (χ2v) is 2.26. The van der Waals surface area contributed by atoms with Crippen molar-refractivity contribution in [3.63, 3.8) is 0 Å². The van der Waals surface area contributed by atoms with Gasteiger partial charge in [-0.15, -0.1) is 0 Å². The highest BCUT2D eigenvalue weighted by atomic mass is 16.1. The molecule has 11 heavy (non-hydrogen) atoms. The van der Waals surface area contributed by atoms with Gasteiger partial charge in [-0.1, -0.05) is 30.4 Å². The molecule has 0 aliphatic heterocycles. The monoisotopic (exact) mass is 146 g/mol. The van der Waals surface area contributed by atoms with E-state index in [1.807, 2.05) is 31.2 Å². The molecule has 1 aromatic rings. The third-order valence-corrected chi connectivity index (χ3v) is 1.35. The summed E-state index contributed by atoms with van der Waals surface area (Å²) in [5.74, 6) is 0. The molecule has 1 nitrogen and oxygen atoms in total. The third-order valence-electron chi connectivity index (χ3n) is 1.35. The summed E-state index contributed by atoms with van der Waals surface area (Å²) in [7, 11) is 0. The Morgan fingerprint density at radius 3 is 2.73 bits per heavy atom. The van der Waals surface area contributed by atoms with E-state index in [-0.39, 0.29) is 5.43 Å². The van der Waals surface area contributed by atoms with Crippen LogP contribution in [0.15, 0.2) is 41.2 Å². The van der Waals surface area contributed by atoms with Gasteiger partial charge >= 0.3 is 0 Å². The second kappa shape index (κ2) is 3.71. The highest BCUT2D eigenvalue weighted by Gasteiger charge is 1.81. The maximum atomic E-state index is 10.8. The van der Waals surface area contributed by atoms with E-state index < -0.39 is 0 Å². The fourth-order valence-corrected chi connectivity index (χ4v) is 0.847. The van der Waals surface area contributed by atoms with Gasteiger partial charge in [-0.05, 0) is 24.6 Å². The lowest BCUT2D eigenvalue weighted by molar-refractivity contribution is 1.67. The molecule has 0 saturated carbocycles. The van der Waals surface area contributed by atoms with Crippen molar-refractivity contribution in [3.8, 4) is 0 Å². The largest absolute Gasteiger partial charge is 0.290 e. The van der Waals surface area contributed by atoms with Gasteiger partial charge in [-0.3, -0.25) is 4.79 Å². The van der Waals surface area contributed by atoms with Gasteiger partial charge in [0.2, 0.25) is 0 Å². The summed E-state index contributed by atoms with van der Waals surface area (Å²) in [5, 5.41) is 0. The van der Waals surface area contributed by atoms with Crippen LogP contribution in [0.2, 0.25) is 0 Å². The van der Waals surface area contributed by atoms with E-state index in [1.54, 1.807) is 18.2 Å². The molecule has 1 aromatic carbocycles. The van der Waals surface area contributed by atoms with E-state index >= 15 is 0 Å². The molecule has 0 aromatic heterocycles. The van der Waals surface area contributed by atoms with Crippen molar-refractivity contribution in [2.75, 3.05) is 0 Å². The lowest BCUT2D eigenvalue weighted by Gasteiger charge is -1.80. The average Bonchev–Trinajstić information content (AvgIpc) is 2.17. The normalized spacial score (nSPS) is 10.3. The minimum Gasteiger partial charge on any atom is -0.290 e. The molecule has 0 aliphatic carbocycles. The van der Waals surface area contributed by atoms with Crippen molar-refractivity contribution >= 4 is 6.08 Å². The Kier molecular flexibility index (Phi) is 2.61. The van der Waals surface area contributed by atoms with Gasteiger partial charge in [0, 0.05) is 0 Å². The van der Waals surface area contributed by atoms with Crippen molar-refractivity contribution < 1.29 is 0 Å². The quantitative estimate of drug-likeness (QED) is 0.592. The van der Waals surface area contributed by atoms with Gasteiger partial charge in [-0.2, -0.15) is 0 Å². The molecule has 1 rings (SSSR count). The summed E-state index contributed by atoms with van der Waals surface area (Å²) < 4.78 is 0. The molecule has 0 heterocycles. The van der Waals surface area contributed by atoms with Gasteiger partial charge < -0.3 is 0 Å². The molecule has 0 atom stereocenters. The van der Waals surface area contributed by atoms with Crippen LogP contribution in [0.1, 0.15) is 12.5 Å². The van der Waals surface area contributed by atoms with Crippen molar-refractivity contribution in [2.24, 2.45) is 0 Å². The summed E-state index contributed by atoms with van der Waals surface area (Å²) >= 11 is 0. The van der Waals surface area contributed by atoms with Gasteiger partial charge in [0.25, 0.3) is 0 Å². The Balaban J connectivity index is 3.15. The van der Waals surface area contributed by atoms with E-state index in [0.29, 0.717) is 0 Å². The molecule has 0 spiro atoms. The van der Waals surface area contributed by atoms with Crippen LogP contribution in [0.5, 0.6) is 0 Å². The van der Waals surface area contributed by atoms with E-state index in [4.69, 9.17) is 0 Å². The van der Waals surface area contributed by atoms with Crippen molar-refractivity contribution in [2.45, 2.75) is 6.92 Å². The fourth-order valence-electron chi connectivity index (χ4n) is 0.847. The minimum absolute atomic E-state index is 0.0424. The first-order chi connectivity index (χ1) is 5.33. The number of hydrogen-bond acceptors (Lipinski definition) is 1. The Bertz CT molecular complexity index is 313. The molecule has 0 bridgehead atoms. The molecular formula is C10H10O. The Morgan fingerprint density at radius 2 is 2.00 bits per heavy atom. The summed E-state index contributed by atoms with van der Waals surface area (Å²) in [6.07, 6.45) is 3.90. The zero-order chi connectivity index (χ0) is 8.10. The Hall–Kier alpha value is -1.37. The van der Waals surface area contributed by atoms with Crippen LogP contribution in [0.3, 0.4) is 0 Å². The molecule has 0 aliphatic rings. The lowest BCUT2D eigenvalue weighted by Crippen LogP contribution is -1.87. The fraction of sp³-hybridized carbons (Fsp3) is 0.100. The van der Waals surface area contributed by atoms with Crippen molar-refractivity contribution in [3.05, 3.63) is 52.2 Å². The second-order valence-electron chi connectivity index (χ2n) is 2.26.